The number of rotatable bonds is 6. The van der Waals surface area contributed by atoms with Crippen molar-refractivity contribution >= 4 is 23.5 Å². The van der Waals surface area contributed by atoms with Crippen LogP contribution in [-0.2, 0) is 4.79 Å². The number of nitrogens with zero attached hydrogens (tertiary/aromatic N) is 3. The number of aromatic nitrogens is 2. The molecule has 0 aliphatic carbocycles. The Hall–Kier alpha value is -4.09. The molecule has 2 amide bonds. The standard InChI is InChI=1S/C21H17F3N4O5/c1-31-16-4-2-3-12(9-16)18(30)25-20-27-26-19(32-20)13-10-17(29)28(11-13)14-5-7-15(8-6-14)33-21(22,23)24/h2-9,13H,10-11H2,1H3,(H,25,27,30)/t13-/m1/s1. The molecule has 1 fully saturated rings. The van der Waals surface area contributed by atoms with E-state index in [0.29, 0.717) is 17.0 Å². The van der Waals surface area contributed by atoms with Crippen LogP contribution in [0.3, 0.4) is 0 Å². The van der Waals surface area contributed by atoms with E-state index in [1.165, 1.54) is 24.1 Å². The van der Waals surface area contributed by atoms with Gasteiger partial charge in [0.15, 0.2) is 0 Å². The van der Waals surface area contributed by atoms with Crippen molar-refractivity contribution in [3.8, 4) is 11.5 Å². The average Bonchev–Trinajstić information content (AvgIpc) is 3.40. The van der Waals surface area contributed by atoms with E-state index in [9.17, 15) is 22.8 Å². The van der Waals surface area contributed by atoms with E-state index in [-0.39, 0.29) is 36.5 Å². The molecule has 33 heavy (non-hydrogen) atoms. The van der Waals surface area contributed by atoms with E-state index in [1.54, 1.807) is 24.3 Å². The number of anilines is 2. The zero-order chi connectivity index (χ0) is 23.6. The van der Waals surface area contributed by atoms with Gasteiger partial charge in [-0.05, 0) is 42.5 Å². The summed E-state index contributed by atoms with van der Waals surface area (Å²) >= 11 is 0. The molecule has 1 aliphatic heterocycles. The van der Waals surface area contributed by atoms with Gasteiger partial charge in [-0.25, -0.2) is 0 Å². The largest absolute Gasteiger partial charge is 0.573 e. The van der Waals surface area contributed by atoms with Crippen molar-refractivity contribution < 1.29 is 36.7 Å². The van der Waals surface area contributed by atoms with Gasteiger partial charge in [0.2, 0.25) is 11.8 Å². The normalized spacial score (nSPS) is 16.1. The fourth-order valence-corrected chi connectivity index (χ4v) is 3.33. The lowest BCUT2D eigenvalue weighted by Gasteiger charge is -2.17. The Bertz CT molecular complexity index is 1160. The Morgan fingerprint density at radius 2 is 1.91 bits per heavy atom. The number of hydrogen-bond acceptors (Lipinski definition) is 7. The van der Waals surface area contributed by atoms with Gasteiger partial charge in [-0.1, -0.05) is 11.2 Å². The minimum absolute atomic E-state index is 0.0618. The highest BCUT2D eigenvalue weighted by Gasteiger charge is 2.35. The second kappa shape index (κ2) is 8.81. The Kier molecular flexibility index (Phi) is 5.90. The summed E-state index contributed by atoms with van der Waals surface area (Å²) in [4.78, 5) is 26.2. The lowest BCUT2D eigenvalue weighted by molar-refractivity contribution is -0.274. The first kappa shape index (κ1) is 22.1. The Balaban J connectivity index is 1.41. The fourth-order valence-electron chi connectivity index (χ4n) is 3.33. The number of hydrogen-bond donors (Lipinski definition) is 1. The van der Waals surface area contributed by atoms with Crippen LogP contribution in [0, 0.1) is 0 Å². The summed E-state index contributed by atoms with van der Waals surface area (Å²) < 4.78 is 51.4. The first-order chi connectivity index (χ1) is 15.7. The van der Waals surface area contributed by atoms with Crippen LogP contribution in [-0.4, -0.2) is 42.0 Å². The number of ether oxygens (including phenoxy) is 2. The Morgan fingerprint density at radius 3 is 2.61 bits per heavy atom. The highest BCUT2D eigenvalue weighted by molar-refractivity contribution is 6.03. The van der Waals surface area contributed by atoms with Crippen LogP contribution in [0.15, 0.2) is 52.9 Å². The van der Waals surface area contributed by atoms with Gasteiger partial charge in [0.05, 0.1) is 13.0 Å². The first-order valence-corrected chi connectivity index (χ1v) is 9.67. The lowest BCUT2D eigenvalue weighted by atomic mass is 10.1. The quantitative estimate of drug-likeness (QED) is 0.595. The molecular formula is C21H17F3N4O5. The molecule has 0 saturated carbocycles. The van der Waals surface area contributed by atoms with Crippen molar-refractivity contribution in [3.05, 3.63) is 60.0 Å². The number of carbonyl (C=O) groups excluding carboxylic acids is 2. The molecule has 9 nitrogen and oxygen atoms in total. The van der Waals surface area contributed by atoms with Crippen molar-refractivity contribution in [2.45, 2.75) is 18.7 Å². The molecule has 1 aliphatic rings. The van der Waals surface area contributed by atoms with Crippen LogP contribution in [0.25, 0.3) is 0 Å². The predicted molar refractivity (Wildman–Crippen MR) is 108 cm³/mol. The second-order valence-electron chi connectivity index (χ2n) is 7.08. The van der Waals surface area contributed by atoms with Crippen molar-refractivity contribution in [1.29, 1.82) is 0 Å². The third-order valence-electron chi connectivity index (χ3n) is 4.85. The molecule has 1 N–H and O–H groups in total. The second-order valence-corrected chi connectivity index (χ2v) is 7.08. The molecule has 2 aromatic carbocycles. The molecule has 1 aromatic heterocycles. The van der Waals surface area contributed by atoms with Gasteiger partial charge >= 0.3 is 12.4 Å². The van der Waals surface area contributed by atoms with Crippen LogP contribution >= 0.6 is 0 Å². The third kappa shape index (κ3) is 5.22. The summed E-state index contributed by atoms with van der Waals surface area (Å²) in [6.45, 7) is 0.184. The van der Waals surface area contributed by atoms with Gasteiger partial charge in [-0.3, -0.25) is 14.9 Å². The molecule has 0 unspecified atom stereocenters. The monoisotopic (exact) mass is 462 g/mol. The lowest BCUT2D eigenvalue weighted by Crippen LogP contribution is -2.24. The molecule has 0 spiro atoms. The van der Waals surface area contributed by atoms with Gasteiger partial charge < -0.3 is 18.8 Å². The van der Waals surface area contributed by atoms with Gasteiger partial charge in [0, 0.05) is 24.2 Å². The van der Waals surface area contributed by atoms with Crippen LogP contribution in [0.1, 0.15) is 28.6 Å². The molecule has 4 rings (SSSR count). The maximum absolute atomic E-state index is 12.4. The minimum atomic E-state index is -4.80. The van der Waals surface area contributed by atoms with Crippen LogP contribution < -0.4 is 19.7 Å². The maximum atomic E-state index is 12.4. The fraction of sp³-hybridized carbons (Fsp3) is 0.238. The SMILES string of the molecule is COc1cccc(C(=O)Nc2nnc([C@@H]3CC(=O)N(c4ccc(OC(F)(F)F)cc4)C3)o2)c1. The van der Waals surface area contributed by atoms with Crippen molar-refractivity contribution in [3.63, 3.8) is 0 Å². The molecule has 172 valence electrons. The molecule has 1 saturated heterocycles. The Morgan fingerprint density at radius 1 is 1.15 bits per heavy atom. The summed E-state index contributed by atoms with van der Waals surface area (Å²) in [5, 5.41) is 10.2. The zero-order valence-corrected chi connectivity index (χ0v) is 17.1. The zero-order valence-electron chi connectivity index (χ0n) is 17.1. The number of halogens is 3. The van der Waals surface area contributed by atoms with Crippen molar-refractivity contribution in [2.75, 3.05) is 23.9 Å². The molecular weight excluding hydrogens is 445 g/mol. The number of benzene rings is 2. The summed E-state index contributed by atoms with van der Waals surface area (Å²) in [6.07, 6.45) is -4.74. The van der Waals surface area contributed by atoms with Crippen LogP contribution in [0.4, 0.5) is 24.9 Å². The topological polar surface area (TPSA) is 107 Å². The first-order valence-electron chi connectivity index (χ1n) is 9.67. The number of nitrogens with one attached hydrogen (secondary N) is 1. The van der Waals surface area contributed by atoms with E-state index in [0.717, 1.165) is 12.1 Å². The van der Waals surface area contributed by atoms with E-state index in [1.807, 2.05) is 0 Å². The van der Waals surface area contributed by atoms with E-state index < -0.39 is 18.2 Å². The van der Waals surface area contributed by atoms with Crippen molar-refractivity contribution in [2.24, 2.45) is 0 Å². The molecule has 2 heterocycles. The highest BCUT2D eigenvalue weighted by Crippen LogP contribution is 2.33. The number of carbonyl (C=O) groups is 2. The Labute approximate surface area is 185 Å². The van der Waals surface area contributed by atoms with E-state index in [2.05, 4.69) is 20.3 Å². The molecule has 0 radical (unpaired) electrons. The summed E-state index contributed by atoms with van der Waals surface area (Å²) in [6, 6.07) is 11.3. The van der Waals surface area contributed by atoms with Crippen LogP contribution in [0.5, 0.6) is 11.5 Å². The third-order valence-corrected chi connectivity index (χ3v) is 4.85. The summed E-state index contributed by atoms with van der Waals surface area (Å²) in [7, 11) is 1.48. The molecule has 0 bridgehead atoms. The molecule has 1 atom stereocenters. The van der Waals surface area contributed by atoms with Gasteiger partial charge in [0.25, 0.3) is 5.91 Å². The highest BCUT2D eigenvalue weighted by atomic mass is 19.4. The van der Waals surface area contributed by atoms with Crippen molar-refractivity contribution in [1.82, 2.24) is 10.2 Å². The van der Waals surface area contributed by atoms with E-state index >= 15 is 0 Å². The predicted octanol–water partition coefficient (Wildman–Crippen LogP) is 3.75. The average molecular weight is 462 g/mol. The molecule has 12 heteroatoms. The van der Waals surface area contributed by atoms with Gasteiger partial charge in [-0.2, -0.15) is 0 Å². The number of alkyl halides is 3. The molecule has 3 aromatic rings. The minimum Gasteiger partial charge on any atom is -0.497 e. The maximum Gasteiger partial charge on any atom is 0.573 e. The van der Waals surface area contributed by atoms with Gasteiger partial charge in [-0.15, -0.1) is 18.3 Å². The number of methoxy groups -OCH3 is 1. The summed E-state index contributed by atoms with van der Waals surface area (Å²) in [5.41, 5.74) is 0.734. The summed E-state index contributed by atoms with van der Waals surface area (Å²) in [5.74, 6) is -0.902. The van der Waals surface area contributed by atoms with E-state index in [4.69, 9.17) is 9.15 Å². The smallest absolute Gasteiger partial charge is 0.497 e. The van der Waals surface area contributed by atoms with Crippen LogP contribution in [0.2, 0.25) is 0 Å². The number of amides is 2. The van der Waals surface area contributed by atoms with Gasteiger partial charge in [0.1, 0.15) is 11.5 Å².